The molecular formula is C23H29ClN2O2S. The van der Waals surface area contributed by atoms with E-state index < -0.39 is 0 Å². The molecule has 4 rings (SSSR count). The number of hydrogen-bond acceptors (Lipinski definition) is 3. The van der Waals surface area contributed by atoms with Gasteiger partial charge in [-0.15, -0.1) is 11.8 Å². The van der Waals surface area contributed by atoms with Crippen molar-refractivity contribution in [1.29, 1.82) is 0 Å². The maximum absolute atomic E-state index is 13.1. The van der Waals surface area contributed by atoms with E-state index in [1.165, 1.54) is 6.42 Å². The number of likely N-dealkylation sites (tertiary alicyclic amines) is 1. The van der Waals surface area contributed by atoms with Crippen LogP contribution in [0.4, 0.5) is 0 Å². The van der Waals surface area contributed by atoms with Gasteiger partial charge in [-0.3, -0.25) is 9.59 Å². The highest BCUT2D eigenvalue weighted by atomic mass is 35.5. The number of piperidine rings is 1. The van der Waals surface area contributed by atoms with Crippen LogP contribution >= 0.6 is 23.4 Å². The van der Waals surface area contributed by atoms with Crippen LogP contribution in [0.2, 0.25) is 5.02 Å². The van der Waals surface area contributed by atoms with E-state index in [2.05, 4.69) is 24.1 Å². The second kappa shape index (κ2) is 8.73. The molecule has 2 heterocycles. The summed E-state index contributed by atoms with van der Waals surface area (Å²) in [5.41, 5.74) is 0.936. The highest BCUT2D eigenvalue weighted by molar-refractivity contribution is 8.04. The van der Waals surface area contributed by atoms with Crippen LogP contribution in [0.1, 0.15) is 45.1 Å². The molecule has 29 heavy (non-hydrogen) atoms. The Kier molecular flexibility index (Phi) is 6.26. The highest BCUT2D eigenvalue weighted by Gasteiger charge is 2.41. The maximum Gasteiger partial charge on any atom is 0.257 e. The van der Waals surface area contributed by atoms with Crippen molar-refractivity contribution < 1.29 is 9.59 Å². The molecule has 6 heteroatoms. The van der Waals surface area contributed by atoms with Crippen molar-refractivity contribution in [3.63, 3.8) is 0 Å². The molecule has 1 N–H and O–H groups in total. The Balaban J connectivity index is 1.41. The van der Waals surface area contributed by atoms with E-state index in [1.807, 2.05) is 30.3 Å². The number of carbonyl (C=O) groups is 2. The van der Waals surface area contributed by atoms with Crippen LogP contribution in [0.15, 0.2) is 29.2 Å². The van der Waals surface area contributed by atoms with Gasteiger partial charge in [0.05, 0.1) is 4.91 Å². The zero-order chi connectivity index (χ0) is 20.5. The van der Waals surface area contributed by atoms with Crippen LogP contribution in [0.5, 0.6) is 0 Å². The number of thioether (sulfide) groups is 1. The molecule has 0 bridgehead atoms. The number of amides is 2. The zero-order valence-corrected chi connectivity index (χ0v) is 18.6. The minimum Gasteiger partial charge on any atom is -0.348 e. The Morgan fingerprint density at radius 2 is 1.97 bits per heavy atom. The lowest BCUT2D eigenvalue weighted by molar-refractivity contribution is -0.139. The van der Waals surface area contributed by atoms with Crippen molar-refractivity contribution in [2.45, 2.75) is 50.8 Å². The van der Waals surface area contributed by atoms with Gasteiger partial charge in [0, 0.05) is 35.3 Å². The lowest BCUT2D eigenvalue weighted by Gasteiger charge is -2.42. The van der Waals surface area contributed by atoms with E-state index in [0.717, 1.165) is 42.8 Å². The number of halogens is 1. The second-order valence-electron chi connectivity index (χ2n) is 9.00. The topological polar surface area (TPSA) is 49.4 Å². The summed E-state index contributed by atoms with van der Waals surface area (Å²) in [6.45, 7) is 6.22. The van der Waals surface area contributed by atoms with Crippen molar-refractivity contribution in [2.24, 2.45) is 17.8 Å². The molecule has 4 nitrogen and oxygen atoms in total. The zero-order valence-electron chi connectivity index (χ0n) is 17.1. The van der Waals surface area contributed by atoms with E-state index in [0.29, 0.717) is 28.0 Å². The van der Waals surface area contributed by atoms with Gasteiger partial charge in [0.1, 0.15) is 0 Å². The summed E-state index contributed by atoms with van der Waals surface area (Å²) >= 11 is 7.72. The minimum atomic E-state index is -0.0375. The monoisotopic (exact) mass is 432 g/mol. The minimum absolute atomic E-state index is 0.0353. The van der Waals surface area contributed by atoms with E-state index in [-0.39, 0.29) is 17.9 Å². The number of benzene rings is 1. The number of nitrogens with one attached hydrogen (secondary N) is 1. The first-order valence-corrected chi connectivity index (χ1v) is 11.9. The predicted octanol–water partition coefficient (Wildman–Crippen LogP) is 4.59. The maximum atomic E-state index is 13.1. The lowest BCUT2D eigenvalue weighted by Crippen LogP contribution is -2.53. The van der Waals surface area contributed by atoms with E-state index in [4.69, 9.17) is 11.6 Å². The smallest absolute Gasteiger partial charge is 0.257 e. The Bertz CT molecular complexity index is 817. The van der Waals surface area contributed by atoms with E-state index in [9.17, 15) is 9.59 Å². The summed E-state index contributed by atoms with van der Waals surface area (Å²) in [6.07, 6.45) is 5.74. The molecule has 1 aromatic rings. The molecule has 1 saturated carbocycles. The number of nitrogens with zero attached hydrogens (tertiary/aromatic N) is 1. The Morgan fingerprint density at radius 1 is 1.21 bits per heavy atom. The number of fused-ring (bicyclic) bond motifs is 1. The highest BCUT2D eigenvalue weighted by Crippen LogP contribution is 2.40. The first-order valence-electron chi connectivity index (χ1n) is 10.6. The molecule has 0 radical (unpaired) electrons. The molecule has 0 spiro atoms. The third kappa shape index (κ3) is 4.83. The first-order chi connectivity index (χ1) is 13.9. The van der Waals surface area contributed by atoms with Crippen LogP contribution in [-0.2, 0) is 9.59 Å². The molecule has 2 aliphatic heterocycles. The number of rotatable bonds is 2. The standard InChI is InChI=1S/C23H29ClN2O2S/c1-14-8-15(2)13-26(12-14)23(28)17-6-7-20-19(11-17)25-22(27)21(29-20)10-16-4-3-5-18(24)9-16/h3-5,9-10,14-15,17,19-20H,6-8,11-13H2,1-2H3,(H,25,27)/b21-10+. The molecule has 3 aliphatic rings. The molecule has 1 aliphatic carbocycles. The Morgan fingerprint density at radius 3 is 2.69 bits per heavy atom. The molecule has 2 amide bonds. The SMILES string of the molecule is CC1CC(C)CN(C(=O)C2CCC3S/C(=C/c4cccc(Cl)c4)C(=O)NC3C2)C1. The second-order valence-corrected chi connectivity index (χ2v) is 10.7. The third-order valence-corrected chi connectivity index (χ3v) is 7.94. The van der Waals surface area contributed by atoms with Crippen molar-refractivity contribution in [2.75, 3.05) is 13.1 Å². The van der Waals surface area contributed by atoms with Gasteiger partial charge in [-0.2, -0.15) is 0 Å². The Hall–Kier alpha value is -1.46. The van der Waals surface area contributed by atoms with Crippen LogP contribution in [0, 0.1) is 17.8 Å². The molecule has 0 aromatic heterocycles. The van der Waals surface area contributed by atoms with E-state index in [1.54, 1.807) is 11.8 Å². The summed E-state index contributed by atoms with van der Waals surface area (Å²) in [4.78, 5) is 28.6. The largest absolute Gasteiger partial charge is 0.348 e. The summed E-state index contributed by atoms with van der Waals surface area (Å²) < 4.78 is 0. The van der Waals surface area contributed by atoms with Gasteiger partial charge in [0.25, 0.3) is 5.91 Å². The summed E-state index contributed by atoms with van der Waals surface area (Å²) in [7, 11) is 0. The van der Waals surface area contributed by atoms with E-state index >= 15 is 0 Å². The quantitative estimate of drug-likeness (QED) is 0.695. The molecular weight excluding hydrogens is 404 g/mol. The molecule has 2 saturated heterocycles. The Labute approximate surface area is 182 Å². The third-order valence-electron chi connectivity index (χ3n) is 6.28. The number of hydrogen-bond donors (Lipinski definition) is 1. The van der Waals surface area contributed by atoms with Gasteiger partial charge < -0.3 is 10.2 Å². The fourth-order valence-corrected chi connectivity index (χ4v) is 6.56. The average molecular weight is 433 g/mol. The van der Waals surface area contributed by atoms with Gasteiger partial charge in [0.15, 0.2) is 0 Å². The van der Waals surface area contributed by atoms with Crippen LogP contribution in [0.25, 0.3) is 6.08 Å². The molecule has 1 aromatic carbocycles. The molecule has 5 atom stereocenters. The normalized spacial score (nSPS) is 33.9. The summed E-state index contributed by atoms with van der Waals surface area (Å²) in [5, 5.41) is 4.18. The van der Waals surface area contributed by atoms with Crippen LogP contribution in [-0.4, -0.2) is 41.1 Å². The summed E-state index contributed by atoms with van der Waals surface area (Å²) in [6, 6.07) is 7.61. The van der Waals surface area contributed by atoms with Crippen molar-refractivity contribution >= 4 is 41.3 Å². The predicted molar refractivity (Wildman–Crippen MR) is 120 cm³/mol. The van der Waals surface area contributed by atoms with Crippen molar-refractivity contribution in [3.05, 3.63) is 39.8 Å². The van der Waals surface area contributed by atoms with Crippen molar-refractivity contribution in [1.82, 2.24) is 10.2 Å². The summed E-state index contributed by atoms with van der Waals surface area (Å²) in [5.74, 6) is 1.44. The van der Waals surface area contributed by atoms with Gasteiger partial charge in [-0.25, -0.2) is 0 Å². The van der Waals surface area contributed by atoms with Crippen LogP contribution in [0.3, 0.4) is 0 Å². The first kappa shape index (κ1) is 20.8. The molecule has 5 unspecified atom stereocenters. The fourth-order valence-electron chi connectivity index (χ4n) is 5.06. The van der Waals surface area contributed by atoms with Crippen LogP contribution < -0.4 is 5.32 Å². The average Bonchev–Trinajstić information content (AvgIpc) is 2.67. The lowest BCUT2D eigenvalue weighted by atomic mass is 9.83. The van der Waals surface area contributed by atoms with Gasteiger partial charge in [-0.05, 0) is 61.3 Å². The van der Waals surface area contributed by atoms with Gasteiger partial charge >= 0.3 is 0 Å². The number of carbonyl (C=O) groups excluding carboxylic acids is 2. The van der Waals surface area contributed by atoms with Crippen molar-refractivity contribution in [3.8, 4) is 0 Å². The van der Waals surface area contributed by atoms with Gasteiger partial charge in [0.2, 0.25) is 5.91 Å². The molecule has 156 valence electrons. The van der Waals surface area contributed by atoms with Gasteiger partial charge in [-0.1, -0.05) is 37.6 Å². The fraction of sp³-hybridized carbons (Fsp3) is 0.565. The molecule has 3 fully saturated rings.